The molecule has 0 saturated heterocycles. The Morgan fingerprint density at radius 3 is 1.90 bits per heavy atom. The minimum absolute atomic E-state index is 0.238. The molecule has 0 atom stereocenters. The van der Waals surface area contributed by atoms with Crippen molar-refractivity contribution in [2.24, 2.45) is 0 Å². The lowest BCUT2D eigenvalue weighted by atomic mass is 9.40. The smallest absolute Gasteiger partial charge is 0.0908 e. The topological polar surface area (TPSA) is 0 Å². The van der Waals surface area contributed by atoms with Crippen LogP contribution in [0.2, 0.25) is 0 Å². The predicted octanol–water partition coefficient (Wildman–Crippen LogP) is 4.15. The van der Waals surface area contributed by atoms with Crippen LogP contribution in [0.3, 0.4) is 0 Å². The third-order valence-electron chi connectivity index (χ3n) is 3.43. The van der Waals surface area contributed by atoms with E-state index in [2.05, 4.69) is 61.4 Å². The summed E-state index contributed by atoms with van der Waals surface area (Å²) in [5.41, 5.74) is 2.57. The normalized spacial score (nSPS) is 11.4. The molecule has 0 heterocycles. The van der Waals surface area contributed by atoms with Gasteiger partial charge in [0.1, 0.15) is 0 Å². The molecule has 0 N–H and O–H groups in total. The molecule has 0 bridgehead atoms. The zero-order valence-corrected chi connectivity index (χ0v) is 12.7. The molecule has 0 aliphatic carbocycles. The number of rotatable bonds is 6. The van der Waals surface area contributed by atoms with Crippen molar-refractivity contribution in [2.45, 2.75) is 26.2 Å². The Morgan fingerprint density at radius 2 is 1.45 bits per heavy atom. The number of unbranched alkanes of at least 4 members (excludes halogenated alkanes) is 1. The maximum absolute atomic E-state index is 6.42. The van der Waals surface area contributed by atoms with Crippen molar-refractivity contribution in [1.82, 2.24) is 0 Å². The lowest BCUT2D eigenvalue weighted by Crippen LogP contribution is -2.40. The average molecular weight is 283 g/mol. The molecule has 0 amide bonds. The van der Waals surface area contributed by atoms with Gasteiger partial charge in [-0.3, -0.25) is 0 Å². The first kappa shape index (κ1) is 14.9. The molecule has 102 valence electrons. The van der Waals surface area contributed by atoms with Crippen LogP contribution in [-0.2, 0) is 0 Å². The minimum Gasteiger partial charge on any atom is -0.0908 e. The summed E-state index contributed by atoms with van der Waals surface area (Å²) in [5.74, 6) is 2.20. The molecule has 2 heteroatoms. The van der Waals surface area contributed by atoms with Crippen molar-refractivity contribution < 1.29 is 0 Å². The SMILES string of the molecule is CCCC/C(Cl)=C\B(c1ccccc1)c1ccccc1. The van der Waals surface area contributed by atoms with Crippen molar-refractivity contribution in [3.05, 3.63) is 71.7 Å². The van der Waals surface area contributed by atoms with Crippen molar-refractivity contribution in [3.8, 4) is 0 Å². The highest BCUT2D eigenvalue weighted by atomic mass is 35.5. The number of hydrogen-bond acceptors (Lipinski definition) is 0. The summed E-state index contributed by atoms with van der Waals surface area (Å²) >= 11 is 6.42. The van der Waals surface area contributed by atoms with Crippen molar-refractivity contribution in [1.29, 1.82) is 0 Å². The molecule has 2 rings (SSSR count). The summed E-state index contributed by atoms with van der Waals surface area (Å²) in [6, 6.07) is 21.1. The van der Waals surface area contributed by atoms with E-state index in [4.69, 9.17) is 11.6 Å². The van der Waals surface area contributed by atoms with E-state index in [0.717, 1.165) is 17.9 Å². The van der Waals surface area contributed by atoms with Gasteiger partial charge in [-0.05, 0) is 12.8 Å². The van der Waals surface area contributed by atoms with E-state index in [1.807, 2.05) is 12.1 Å². The van der Waals surface area contributed by atoms with E-state index < -0.39 is 0 Å². The van der Waals surface area contributed by atoms with Crippen LogP contribution in [-0.4, -0.2) is 6.71 Å². The molecular formula is C18H20BCl. The van der Waals surface area contributed by atoms with Gasteiger partial charge in [-0.1, -0.05) is 103 Å². The molecule has 0 aliphatic rings. The molecule has 20 heavy (non-hydrogen) atoms. The Labute approximate surface area is 127 Å². The summed E-state index contributed by atoms with van der Waals surface area (Å²) in [4.78, 5) is 0. The molecule has 2 aromatic rings. The molecule has 0 spiro atoms. The second kappa shape index (κ2) is 7.96. The first-order valence-electron chi connectivity index (χ1n) is 7.27. The Kier molecular flexibility index (Phi) is 5.95. The number of hydrogen-bond donors (Lipinski definition) is 0. The van der Waals surface area contributed by atoms with Gasteiger partial charge in [0.2, 0.25) is 6.71 Å². The molecule has 0 radical (unpaired) electrons. The lowest BCUT2D eigenvalue weighted by molar-refractivity contribution is 0.808. The minimum atomic E-state index is 0.238. The van der Waals surface area contributed by atoms with Gasteiger partial charge in [0, 0.05) is 5.03 Å². The number of allylic oxidation sites excluding steroid dienone is 1. The van der Waals surface area contributed by atoms with Crippen LogP contribution < -0.4 is 10.9 Å². The van der Waals surface area contributed by atoms with Gasteiger partial charge in [-0.25, -0.2) is 0 Å². The summed E-state index contributed by atoms with van der Waals surface area (Å²) in [5, 5.41) is 0.963. The molecule has 2 aromatic carbocycles. The van der Waals surface area contributed by atoms with Gasteiger partial charge in [0.05, 0.1) is 0 Å². The number of benzene rings is 2. The van der Waals surface area contributed by atoms with Crippen LogP contribution in [0.5, 0.6) is 0 Å². The van der Waals surface area contributed by atoms with Gasteiger partial charge < -0.3 is 0 Å². The van der Waals surface area contributed by atoms with E-state index in [1.165, 1.54) is 17.3 Å². The Morgan fingerprint density at radius 1 is 0.950 bits per heavy atom. The van der Waals surface area contributed by atoms with Crippen LogP contribution in [0.4, 0.5) is 0 Å². The third kappa shape index (κ3) is 4.28. The standard InChI is InChI=1S/C18H20BCl/c1-2-3-14-18(20)15-19(16-10-6-4-7-11-16)17-12-8-5-9-13-17/h4-13,15H,2-3,14H2,1H3/b18-15+. The summed E-state index contributed by atoms with van der Waals surface area (Å²) < 4.78 is 0. The Bertz CT molecular complexity index is 494. The monoisotopic (exact) mass is 282 g/mol. The fraction of sp³-hybridized carbons (Fsp3) is 0.222. The maximum atomic E-state index is 6.42. The van der Waals surface area contributed by atoms with Crippen molar-refractivity contribution >= 4 is 29.2 Å². The lowest BCUT2D eigenvalue weighted by Gasteiger charge is -2.11. The van der Waals surface area contributed by atoms with Gasteiger partial charge in [-0.15, -0.1) is 0 Å². The highest BCUT2D eigenvalue weighted by Gasteiger charge is 2.16. The zero-order valence-electron chi connectivity index (χ0n) is 11.9. The first-order chi connectivity index (χ1) is 9.81. The van der Waals surface area contributed by atoms with E-state index in [0.29, 0.717) is 0 Å². The van der Waals surface area contributed by atoms with E-state index in [-0.39, 0.29) is 6.71 Å². The van der Waals surface area contributed by atoms with Crippen molar-refractivity contribution in [2.75, 3.05) is 0 Å². The van der Waals surface area contributed by atoms with E-state index >= 15 is 0 Å². The highest BCUT2D eigenvalue weighted by Crippen LogP contribution is 2.12. The van der Waals surface area contributed by atoms with Gasteiger partial charge in [-0.2, -0.15) is 0 Å². The Balaban J connectivity index is 2.30. The second-order valence-electron chi connectivity index (χ2n) is 5.02. The molecule has 0 aromatic heterocycles. The third-order valence-corrected chi connectivity index (χ3v) is 3.75. The largest absolute Gasteiger partial charge is 0.235 e. The molecule has 0 nitrogen and oxygen atoms in total. The average Bonchev–Trinajstić information content (AvgIpc) is 2.52. The van der Waals surface area contributed by atoms with Crippen LogP contribution in [0.15, 0.2) is 71.7 Å². The van der Waals surface area contributed by atoms with Gasteiger partial charge in [0.25, 0.3) is 0 Å². The fourth-order valence-electron chi connectivity index (χ4n) is 2.32. The molecule has 0 aliphatic heterocycles. The summed E-state index contributed by atoms with van der Waals surface area (Å²) in [7, 11) is 0. The van der Waals surface area contributed by atoms with Gasteiger partial charge in [0.15, 0.2) is 0 Å². The van der Waals surface area contributed by atoms with Crippen LogP contribution in [0.1, 0.15) is 26.2 Å². The van der Waals surface area contributed by atoms with Crippen LogP contribution in [0, 0.1) is 0 Å². The van der Waals surface area contributed by atoms with Crippen LogP contribution >= 0.6 is 11.6 Å². The van der Waals surface area contributed by atoms with Crippen molar-refractivity contribution in [3.63, 3.8) is 0 Å². The van der Waals surface area contributed by atoms with Gasteiger partial charge >= 0.3 is 0 Å². The fourth-order valence-corrected chi connectivity index (χ4v) is 2.58. The second-order valence-corrected chi connectivity index (χ2v) is 5.50. The summed E-state index contributed by atoms with van der Waals surface area (Å²) in [6.45, 7) is 2.43. The molecule has 0 unspecified atom stereocenters. The Hall–Kier alpha value is -1.47. The number of halogens is 1. The van der Waals surface area contributed by atoms with Crippen LogP contribution in [0.25, 0.3) is 0 Å². The van der Waals surface area contributed by atoms with E-state index in [1.54, 1.807) is 0 Å². The first-order valence-corrected chi connectivity index (χ1v) is 7.65. The zero-order chi connectivity index (χ0) is 14.2. The summed E-state index contributed by atoms with van der Waals surface area (Å²) in [6.07, 6.45) is 3.28. The predicted molar refractivity (Wildman–Crippen MR) is 91.4 cm³/mol. The quantitative estimate of drug-likeness (QED) is 0.698. The molecule has 0 fully saturated rings. The van der Waals surface area contributed by atoms with E-state index in [9.17, 15) is 0 Å². The molecular weight excluding hydrogens is 262 g/mol. The highest BCUT2D eigenvalue weighted by molar-refractivity contribution is 6.89. The maximum Gasteiger partial charge on any atom is 0.235 e. The molecule has 0 saturated carbocycles.